The molecule has 3 N–H and O–H groups in total. The molecule has 0 saturated heterocycles. The van der Waals surface area contributed by atoms with Gasteiger partial charge in [0.1, 0.15) is 6.04 Å². The number of primary amides is 1. The number of aryl methyl sites for hydroxylation is 1. The van der Waals surface area contributed by atoms with Crippen molar-refractivity contribution >= 4 is 39.1 Å². The second-order valence-corrected chi connectivity index (χ2v) is 5.81. The summed E-state index contributed by atoms with van der Waals surface area (Å²) in [6.45, 7) is 1.99. The van der Waals surface area contributed by atoms with E-state index < -0.39 is 11.9 Å². The van der Waals surface area contributed by atoms with Crippen LogP contribution in [0.25, 0.3) is 0 Å². The second-order valence-electron chi connectivity index (χ2n) is 4.52. The molecule has 0 heterocycles. The van der Waals surface area contributed by atoms with Crippen molar-refractivity contribution in [3.63, 3.8) is 0 Å². The minimum Gasteiger partial charge on any atom is -0.370 e. The lowest BCUT2D eigenvalue weighted by atomic mass is 10.1. The Morgan fingerprint density at radius 3 is 2.65 bits per heavy atom. The van der Waals surface area contributed by atoms with Crippen LogP contribution in [0.2, 0.25) is 5.02 Å². The number of nitrogens with two attached hydrogens (primary N) is 1. The molecule has 2 aromatic rings. The average molecular weight is 354 g/mol. The quantitative estimate of drug-likeness (QED) is 0.871. The van der Waals surface area contributed by atoms with Crippen LogP contribution in [-0.2, 0) is 4.79 Å². The molecule has 20 heavy (non-hydrogen) atoms. The van der Waals surface area contributed by atoms with Gasteiger partial charge in [-0.1, -0.05) is 45.7 Å². The minimum atomic E-state index is -0.622. The number of rotatable bonds is 4. The van der Waals surface area contributed by atoms with E-state index in [1.165, 1.54) is 0 Å². The van der Waals surface area contributed by atoms with Gasteiger partial charge in [-0.15, -0.1) is 0 Å². The number of carbonyl (C=O) groups is 1. The first-order valence-corrected chi connectivity index (χ1v) is 7.22. The molecule has 0 fully saturated rings. The van der Waals surface area contributed by atoms with Crippen LogP contribution in [0.5, 0.6) is 0 Å². The minimum absolute atomic E-state index is 0.450. The third-order valence-corrected chi connectivity index (χ3v) is 3.81. The largest absolute Gasteiger partial charge is 0.370 e. The third kappa shape index (κ3) is 3.52. The predicted molar refractivity (Wildman–Crippen MR) is 85.9 cm³/mol. The number of halogens is 2. The molecule has 1 unspecified atom stereocenters. The van der Waals surface area contributed by atoms with Crippen molar-refractivity contribution in [3.8, 4) is 0 Å². The molecular formula is C15H14BrClN2O. The van der Waals surface area contributed by atoms with Gasteiger partial charge in [-0.25, -0.2) is 0 Å². The van der Waals surface area contributed by atoms with Crippen LogP contribution < -0.4 is 11.1 Å². The van der Waals surface area contributed by atoms with Crippen molar-refractivity contribution in [2.24, 2.45) is 5.73 Å². The maximum absolute atomic E-state index is 11.7. The molecule has 104 valence electrons. The fraction of sp³-hybridized carbons (Fsp3) is 0.133. The molecule has 2 aromatic carbocycles. The first-order chi connectivity index (χ1) is 9.47. The summed E-state index contributed by atoms with van der Waals surface area (Å²) < 4.78 is 0.744. The molecule has 0 saturated carbocycles. The van der Waals surface area contributed by atoms with E-state index in [4.69, 9.17) is 17.3 Å². The molecule has 1 amide bonds. The van der Waals surface area contributed by atoms with Gasteiger partial charge < -0.3 is 11.1 Å². The van der Waals surface area contributed by atoms with Crippen LogP contribution in [0.4, 0.5) is 5.69 Å². The Bertz CT molecular complexity index is 646. The maximum Gasteiger partial charge on any atom is 0.244 e. The lowest BCUT2D eigenvalue weighted by molar-refractivity contribution is -0.118. The molecule has 0 aliphatic carbocycles. The van der Waals surface area contributed by atoms with Crippen molar-refractivity contribution in [2.75, 3.05) is 5.32 Å². The number of anilines is 1. The lowest BCUT2D eigenvalue weighted by Gasteiger charge is -2.19. The number of hydrogen-bond donors (Lipinski definition) is 2. The zero-order chi connectivity index (χ0) is 14.7. The summed E-state index contributed by atoms with van der Waals surface area (Å²) >= 11 is 9.33. The normalized spacial score (nSPS) is 11.9. The summed E-state index contributed by atoms with van der Waals surface area (Å²) in [5.74, 6) is -0.450. The highest BCUT2D eigenvalue weighted by molar-refractivity contribution is 9.10. The molecule has 1 atom stereocenters. The summed E-state index contributed by atoms with van der Waals surface area (Å²) in [5, 5.41) is 3.74. The molecule has 5 heteroatoms. The van der Waals surface area contributed by atoms with Crippen LogP contribution in [0.15, 0.2) is 46.9 Å². The smallest absolute Gasteiger partial charge is 0.244 e. The Morgan fingerprint density at radius 2 is 2.05 bits per heavy atom. The molecule has 0 radical (unpaired) electrons. The number of hydrogen-bond acceptors (Lipinski definition) is 2. The number of carbonyl (C=O) groups excluding carboxylic acids is 1. The van der Waals surface area contributed by atoms with Crippen molar-refractivity contribution < 1.29 is 4.79 Å². The van der Waals surface area contributed by atoms with E-state index in [-0.39, 0.29) is 0 Å². The second kappa shape index (κ2) is 6.29. The van der Waals surface area contributed by atoms with Crippen LogP contribution in [0.1, 0.15) is 17.2 Å². The van der Waals surface area contributed by atoms with Gasteiger partial charge in [0.25, 0.3) is 0 Å². The van der Waals surface area contributed by atoms with E-state index in [2.05, 4.69) is 21.2 Å². The zero-order valence-electron chi connectivity index (χ0n) is 10.9. The number of nitrogens with one attached hydrogen (secondary N) is 1. The predicted octanol–water partition coefficient (Wildman–Crippen LogP) is 4.05. The van der Waals surface area contributed by atoms with Gasteiger partial charge in [0.05, 0.1) is 0 Å². The van der Waals surface area contributed by atoms with Gasteiger partial charge in [-0.3, -0.25) is 4.79 Å². The zero-order valence-corrected chi connectivity index (χ0v) is 13.2. The third-order valence-electron chi connectivity index (χ3n) is 2.89. The van der Waals surface area contributed by atoms with E-state index in [1.807, 2.05) is 31.2 Å². The molecule has 3 nitrogen and oxygen atoms in total. The lowest BCUT2D eigenvalue weighted by Crippen LogP contribution is -2.28. The van der Waals surface area contributed by atoms with E-state index in [0.29, 0.717) is 5.02 Å². The van der Waals surface area contributed by atoms with Gasteiger partial charge in [0.2, 0.25) is 5.91 Å². The maximum atomic E-state index is 11.7. The summed E-state index contributed by atoms with van der Waals surface area (Å²) in [6, 6.07) is 12.4. The standard InChI is InChI=1S/C15H14BrClN2O/c1-9-3-2-4-11(7-9)19-14(15(18)20)12-6-5-10(17)8-13(12)16/h2-8,14,19H,1H3,(H2,18,20). The molecule has 0 bridgehead atoms. The Hall–Kier alpha value is -1.52. The van der Waals surface area contributed by atoms with Crippen LogP contribution >= 0.6 is 27.5 Å². The van der Waals surface area contributed by atoms with Crippen LogP contribution in [-0.4, -0.2) is 5.91 Å². The summed E-state index contributed by atoms with van der Waals surface area (Å²) in [7, 11) is 0. The van der Waals surface area contributed by atoms with Crippen molar-refractivity contribution in [1.29, 1.82) is 0 Å². The molecular weight excluding hydrogens is 340 g/mol. The Labute approximate surface area is 131 Å². The van der Waals surface area contributed by atoms with Gasteiger partial charge in [0, 0.05) is 15.2 Å². The highest BCUT2D eigenvalue weighted by Gasteiger charge is 2.20. The first kappa shape index (κ1) is 14.9. The number of benzene rings is 2. The molecule has 0 spiro atoms. The molecule has 2 rings (SSSR count). The topological polar surface area (TPSA) is 55.1 Å². The average Bonchev–Trinajstić information content (AvgIpc) is 2.36. The van der Waals surface area contributed by atoms with Gasteiger partial charge in [-0.05, 0) is 42.3 Å². The van der Waals surface area contributed by atoms with E-state index >= 15 is 0 Å². The Morgan fingerprint density at radius 1 is 1.30 bits per heavy atom. The van der Waals surface area contributed by atoms with Gasteiger partial charge in [-0.2, -0.15) is 0 Å². The molecule has 0 aromatic heterocycles. The summed E-state index contributed by atoms with van der Waals surface area (Å²) in [5.41, 5.74) is 8.21. The first-order valence-electron chi connectivity index (χ1n) is 6.05. The Balaban J connectivity index is 2.34. The Kier molecular flexibility index (Phi) is 4.68. The highest BCUT2D eigenvalue weighted by Crippen LogP contribution is 2.29. The highest BCUT2D eigenvalue weighted by atomic mass is 79.9. The fourth-order valence-electron chi connectivity index (χ4n) is 1.94. The van der Waals surface area contributed by atoms with Crippen LogP contribution in [0, 0.1) is 6.92 Å². The summed E-state index contributed by atoms with van der Waals surface area (Å²) in [6.07, 6.45) is 0. The summed E-state index contributed by atoms with van der Waals surface area (Å²) in [4.78, 5) is 11.7. The SMILES string of the molecule is Cc1cccc(NC(C(N)=O)c2ccc(Cl)cc2Br)c1. The van der Waals surface area contributed by atoms with Crippen LogP contribution in [0.3, 0.4) is 0 Å². The van der Waals surface area contributed by atoms with Gasteiger partial charge >= 0.3 is 0 Å². The van der Waals surface area contributed by atoms with Gasteiger partial charge in [0.15, 0.2) is 0 Å². The number of amides is 1. The van der Waals surface area contributed by atoms with E-state index in [0.717, 1.165) is 21.3 Å². The van der Waals surface area contributed by atoms with E-state index in [1.54, 1.807) is 18.2 Å². The van der Waals surface area contributed by atoms with Crippen molar-refractivity contribution in [1.82, 2.24) is 0 Å². The van der Waals surface area contributed by atoms with Crippen molar-refractivity contribution in [3.05, 3.63) is 63.1 Å². The molecule has 0 aliphatic rings. The van der Waals surface area contributed by atoms with Crippen molar-refractivity contribution in [2.45, 2.75) is 13.0 Å². The fourth-order valence-corrected chi connectivity index (χ4v) is 2.85. The molecule has 0 aliphatic heterocycles. The van der Waals surface area contributed by atoms with E-state index in [9.17, 15) is 4.79 Å². The monoisotopic (exact) mass is 352 g/mol.